The Hall–Kier alpha value is -1.71. The van der Waals surface area contributed by atoms with Gasteiger partial charge in [-0.15, -0.1) is 12.4 Å². The summed E-state index contributed by atoms with van der Waals surface area (Å²) < 4.78 is 27.1. The Bertz CT molecular complexity index is 909. The number of rotatable bonds is 4. The number of benzene rings is 2. The predicted octanol–water partition coefficient (Wildman–Crippen LogP) is 2.79. The third kappa shape index (κ3) is 3.84. The molecule has 2 aromatic rings. The monoisotopic (exact) mass is 417 g/mol. The van der Waals surface area contributed by atoms with Gasteiger partial charge in [0.15, 0.2) is 4.90 Å². The lowest BCUT2D eigenvalue weighted by atomic mass is 9.95. The average molecular weight is 418 g/mol. The summed E-state index contributed by atoms with van der Waals surface area (Å²) in [4.78, 5) is 10.1. The topological polar surface area (TPSA) is 107 Å². The lowest BCUT2D eigenvalue weighted by Gasteiger charge is -2.16. The quantitative estimate of drug-likeness (QED) is 0.607. The summed E-state index contributed by atoms with van der Waals surface area (Å²) in [5.41, 5.74) is 6.58. The maximum atomic E-state index is 12.9. The molecule has 2 aromatic carbocycles. The first-order valence-corrected chi connectivity index (χ1v) is 9.37. The third-order valence-electron chi connectivity index (χ3n) is 4.30. The molecule has 10 heteroatoms. The van der Waals surface area contributed by atoms with E-state index in [1.165, 1.54) is 10.4 Å². The normalized spacial score (nSPS) is 20.5. The van der Waals surface area contributed by atoms with E-state index in [-0.39, 0.29) is 36.4 Å². The molecule has 1 saturated heterocycles. The molecule has 7 nitrogen and oxygen atoms in total. The van der Waals surface area contributed by atoms with Crippen LogP contribution in [0.5, 0.6) is 0 Å². The van der Waals surface area contributed by atoms with E-state index >= 15 is 0 Å². The first-order valence-electron chi connectivity index (χ1n) is 7.55. The van der Waals surface area contributed by atoms with Crippen molar-refractivity contribution < 1.29 is 13.3 Å². The largest absolute Gasteiger partial charge is 0.326 e. The summed E-state index contributed by atoms with van der Waals surface area (Å²) in [6, 6.07) is 12.5. The van der Waals surface area contributed by atoms with Crippen molar-refractivity contribution in [3.63, 3.8) is 0 Å². The Kier molecular flexibility index (Phi) is 6.25. The molecule has 0 amide bonds. The Balaban J connectivity index is 0.00000243. The minimum absolute atomic E-state index is 0. The van der Waals surface area contributed by atoms with E-state index < -0.39 is 31.6 Å². The van der Waals surface area contributed by atoms with Crippen LogP contribution in [0.15, 0.2) is 53.4 Å². The number of nitrogens with two attached hydrogens (primary N) is 1. The van der Waals surface area contributed by atoms with Crippen LogP contribution in [0.25, 0.3) is 0 Å². The summed E-state index contributed by atoms with van der Waals surface area (Å²) in [6.45, 7) is 0.253. The number of nitro benzene ring substituents is 1. The van der Waals surface area contributed by atoms with E-state index in [4.69, 9.17) is 17.3 Å². The molecular formula is C16H17Cl2N3O4S. The molecule has 3 rings (SSSR count). The molecule has 0 saturated carbocycles. The SMILES string of the molecule is Cl.N[C@@H]1CN(S(=O)(=O)c2cc(Cl)ccc2[N+](=O)[O-])C[C@H]1c1ccccc1. The number of sulfonamides is 1. The molecule has 0 aromatic heterocycles. The van der Waals surface area contributed by atoms with Crippen molar-refractivity contribution in [2.24, 2.45) is 5.73 Å². The van der Waals surface area contributed by atoms with Crippen molar-refractivity contribution in [2.45, 2.75) is 16.9 Å². The van der Waals surface area contributed by atoms with Crippen molar-refractivity contribution in [2.75, 3.05) is 13.1 Å². The molecule has 2 atom stereocenters. The lowest BCUT2D eigenvalue weighted by molar-refractivity contribution is -0.387. The van der Waals surface area contributed by atoms with Gasteiger partial charge in [0.25, 0.3) is 5.69 Å². The second-order valence-electron chi connectivity index (χ2n) is 5.87. The first-order chi connectivity index (χ1) is 11.8. The summed E-state index contributed by atoms with van der Waals surface area (Å²) in [5, 5.41) is 11.3. The van der Waals surface area contributed by atoms with Crippen LogP contribution in [0.1, 0.15) is 11.5 Å². The summed E-state index contributed by atoms with van der Waals surface area (Å²) in [7, 11) is -4.08. The van der Waals surface area contributed by atoms with Gasteiger partial charge in [0.1, 0.15) is 0 Å². The second kappa shape index (κ2) is 7.89. The fourth-order valence-electron chi connectivity index (χ4n) is 3.03. The Morgan fingerprint density at radius 1 is 1.15 bits per heavy atom. The van der Waals surface area contributed by atoms with Crippen molar-refractivity contribution in [3.05, 3.63) is 69.2 Å². The molecule has 0 aliphatic carbocycles. The fraction of sp³-hybridized carbons (Fsp3) is 0.250. The summed E-state index contributed by atoms with van der Waals surface area (Å²) in [5.74, 6) is -0.172. The van der Waals surface area contributed by atoms with Gasteiger partial charge in [-0.25, -0.2) is 8.42 Å². The highest BCUT2D eigenvalue weighted by molar-refractivity contribution is 7.89. The second-order valence-corrected chi connectivity index (χ2v) is 8.22. The van der Waals surface area contributed by atoms with Gasteiger partial charge in [-0.05, 0) is 17.7 Å². The van der Waals surface area contributed by atoms with Crippen LogP contribution >= 0.6 is 24.0 Å². The van der Waals surface area contributed by atoms with E-state index in [2.05, 4.69) is 0 Å². The molecule has 1 aliphatic rings. The number of halogens is 2. The standard InChI is InChI=1S/C16H16ClN3O4S.ClH/c17-12-6-7-15(20(21)22)16(8-12)25(23,24)19-9-13(14(18)10-19)11-4-2-1-3-5-11;/h1-8,13-14H,9-10,18H2;1H/t13-,14+;/m0./s1. The van der Waals surface area contributed by atoms with Gasteiger partial charge in [-0.1, -0.05) is 41.9 Å². The van der Waals surface area contributed by atoms with Crippen LogP contribution < -0.4 is 5.73 Å². The van der Waals surface area contributed by atoms with Crippen LogP contribution in [0, 0.1) is 10.1 Å². The predicted molar refractivity (Wildman–Crippen MR) is 101 cm³/mol. The Morgan fingerprint density at radius 2 is 1.81 bits per heavy atom. The number of nitro groups is 1. The number of hydrogen-bond acceptors (Lipinski definition) is 5. The number of nitrogens with zero attached hydrogens (tertiary/aromatic N) is 2. The minimum atomic E-state index is -4.08. The molecule has 26 heavy (non-hydrogen) atoms. The fourth-order valence-corrected chi connectivity index (χ4v) is 4.95. The lowest BCUT2D eigenvalue weighted by Crippen LogP contribution is -2.32. The van der Waals surface area contributed by atoms with Crippen LogP contribution in [0.2, 0.25) is 5.02 Å². The van der Waals surface area contributed by atoms with E-state index in [1.807, 2.05) is 30.3 Å². The molecule has 140 valence electrons. The Morgan fingerprint density at radius 3 is 2.42 bits per heavy atom. The van der Waals surface area contributed by atoms with Crippen molar-refractivity contribution >= 4 is 39.7 Å². The van der Waals surface area contributed by atoms with Gasteiger partial charge < -0.3 is 5.73 Å². The Labute approximate surface area is 162 Å². The average Bonchev–Trinajstić information content (AvgIpc) is 2.98. The van der Waals surface area contributed by atoms with E-state index in [9.17, 15) is 18.5 Å². The number of hydrogen-bond donors (Lipinski definition) is 1. The van der Waals surface area contributed by atoms with Gasteiger partial charge in [-0.3, -0.25) is 10.1 Å². The maximum Gasteiger partial charge on any atom is 0.289 e. The third-order valence-corrected chi connectivity index (χ3v) is 6.39. The molecule has 1 heterocycles. The van der Waals surface area contributed by atoms with Gasteiger partial charge >= 0.3 is 0 Å². The molecule has 2 N–H and O–H groups in total. The zero-order valence-corrected chi connectivity index (χ0v) is 15.9. The molecule has 0 radical (unpaired) electrons. The maximum absolute atomic E-state index is 12.9. The van der Waals surface area contributed by atoms with Crippen molar-refractivity contribution in [1.82, 2.24) is 4.31 Å². The molecule has 0 bridgehead atoms. The molecule has 0 spiro atoms. The van der Waals surface area contributed by atoms with Crippen molar-refractivity contribution in [1.29, 1.82) is 0 Å². The van der Waals surface area contributed by atoms with E-state index in [1.54, 1.807) is 0 Å². The highest BCUT2D eigenvalue weighted by atomic mass is 35.5. The minimum Gasteiger partial charge on any atom is -0.326 e. The zero-order chi connectivity index (χ0) is 18.2. The van der Waals surface area contributed by atoms with Crippen LogP contribution in [0.3, 0.4) is 0 Å². The van der Waals surface area contributed by atoms with Gasteiger partial charge in [0, 0.05) is 36.1 Å². The molecule has 0 unspecified atom stereocenters. The molecule has 1 fully saturated rings. The van der Waals surface area contributed by atoms with Gasteiger partial charge in [-0.2, -0.15) is 4.31 Å². The van der Waals surface area contributed by atoms with Crippen molar-refractivity contribution in [3.8, 4) is 0 Å². The highest BCUT2D eigenvalue weighted by Crippen LogP contribution is 2.34. The van der Waals surface area contributed by atoms with Crippen LogP contribution in [-0.2, 0) is 10.0 Å². The first kappa shape index (κ1) is 20.6. The van der Waals surface area contributed by atoms with Crippen LogP contribution in [0.4, 0.5) is 5.69 Å². The van der Waals surface area contributed by atoms with Crippen LogP contribution in [-0.4, -0.2) is 36.8 Å². The van der Waals surface area contributed by atoms with Gasteiger partial charge in [0.05, 0.1) is 4.92 Å². The highest BCUT2D eigenvalue weighted by Gasteiger charge is 2.40. The molecular weight excluding hydrogens is 401 g/mol. The molecule has 1 aliphatic heterocycles. The summed E-state index contributed by atoms with van der Waals surface area (Å²) in [6.07, 6.45) is 0. The zero-order valence-electron chi connectivity index (χ0n) is 13.5. The van der Waals surface area contributed by atoms with Gasteiger partial charge in [0.2, 0.25) is 10.0 Å². The van der Waals surface area contributed by atoms with E-state index in [0.717, 1.165) is 17.7 Å². The summed E-state index contributed by atoms with van der Waals surface area (Å²) >= 11 is 5.86. The van der Waals surface area contributed by atoms with E-state index in [0.29, 0.717) is 0 Å². The smallest absolute Gasteiger partial charge is 0.289 e.